The van der Waals surface area contributed by atoms with E-state index in [1.807, 2.05) is 6.07 Å². The number of benzene rings is 1. The van der Waals surface area contributed by atoms with Crippen LogP contribution in [0.2, 0.25) is 0 Å². The Balaban J connectivity index is 0.000000480. The Morgan fingerprint density at radius 2 is 1.86 bits per heavy atom. The third kappa shape index (κ3) is 7.04. The number of amides is 3. The van der Waals surface area contributed by atoms with E-state index in [2.05, 4.69) is 10.6 Å². The molecule has 150 valence electrons. The Labute approximate surface area is 156 Å². The van der Waals surface area contributed by atoms with Gasteiger partial charge < -0.3 is 16.2 Å². The Hall–Kier alpha value is -3.46. The van der Waals surface area contributed by atoms with Crippen LogP contribution >= 0.6 is 0 Å². The molecule has 1 saturated heterocycles. The first kappa shape index (κ1) is 22.6. The molecule has 28 heavy (non-hydrogen) atoms. The van der Waals surface area contributed by atoms with E-state index in [1.165, 1.54) is 0 Å². The summed E-state index contributed by atoms with van der Waals surface area (Å²) < 4.78 is 31.7. The number of carbonyl (C=O) groups is 4. The summed E-state index contributed by atoms with van der Waals surface area (Å²) in [6.07, 6.45) is -4.87. The van der Waals surface area contributed by atoms with E-state index in [-0.39, 0.29) is 12.8 Å². The fraction of sp³-hybridized carbons (Fsp3) is 0.312. The number of carbonyl (C=O) groups excluding carboxylic acids is 3. The van der Waals surface area contributed by atoms with Gasteiger partial charge in [0.05, 0.1) is 24.1 Å². The second-order valence-corrected chi connectivity index (χ2v) is 5.60. The highest BCUT2D eigenvalue weighted by atomic mass is 19.4. The van der Waals surface area contributed by atoms with E-state index in [0.29, 0.717) is 5.56 Å². The summed E-state index contributed by atoms with van der Waals surface area (Å²) in [7, 11) is 0. The SMILES string of the molecule is N#Cc1ccc(C[C@H](N)C(=O)NC2CC(=O)NC2=O)cc1.O=C(O)C(F)(F)F. The summed E-state index contributed by atoms with van der Waals surface area (Å²) in [5, 5.41) is 20.4. The largest absolute Gasteiger partial charge is 0.490 e. The molecule has 9 nitrogen and oxygen atoms in total. The van der Waals surface area contributed by atoms with Crippen LogP contribution in [0.4, 0.5) is 13.2 Å². The summed E-state index contributed by atoms with van der Waals surface area (Å²) in [5.41, 5.74) is 7.12. The number of nitrogens with zero attached hydrogens (tertiary/aromatic N) is 1. The second kappa shape index (κ2) is 9.47. The van der Waals surface area contributed by atoms with Crippen LogP contribution < -0.4 is 16.4 Å². The van der Waals surface area contributed by atoms with Gasteiger partial charge in [0.2, 0.25) is 17.7 Å². The maximum atomic E-state index is 11.9. The molecule has 2 rings (SSSR count). The van der Waals surface area contributed by atoms with Crippen LogP contribution in [0.15, 0.2) is 24.3 Å². The molecule has 1 heterocycles. The van der Waals surface area contributed by atoms with E-state index in [9.17, 15) is 27.6 Å². The Kier molecular flexibility index (Phi) is 7.64. The van der Waals surface area contributed by atoms with Gasteiger partial charge in [0.1, 0.15) is 6.04 Å². The Morgan fingerprint density at radius 3 is 2.25 bits per heavy atom. The predicted octanol–water partition coefficient (Wildman–Crippen LogP) is -0.407. The number of carboxylic acid groups (broad SMARTS) is 1. The van der Waals surface area contributed by atoms with Gasteiger partial charge in [0.15, 0.2) is 0 Å². The number of hydrogen-bond acceptors (Lipinski definition) is 6. The number of nitriles is 1. The molecule has 12 heteroatoms. The van der Waals surface area contributed by atoms with E-state index >= 15 is 0 Å². The number of nitrogens with two attached hydrogens (primary N) is 1. The second-order valence-electron chi connectivity index (χ2n) is 5.60. The lowest BCUT2D eigenvalue weighted by Crippen LogP contribution is -2.48. The fourth-order valence-electron chi connectivity index (χ4n) is 2.01. The zero-order valence-electron chi connectivity index (χ0n) is 14.1. The molecule has 0 aromatic heterocycles. The minimum Gasteiger partial charge on any atom is -0.475 e. The molecule has 1 aliphatic rings. The predicted molar refractivity (Wildman–Crippen MR) is 86.2 cm³/mol. The highest BCUT2D eigenvalue weighted by molar-refractivity contribution is 6.07. The number of hydrogen-bond donors (Lipinski definition) is 4. The monoisotopic (exact) mass is 400 g/mol. The van der Waals surface area contributed by atoms with Gasteiger partial charge in [0.25, 0.3) is 0 Å². The van der Waals surface area contributed by atoms with Crippen molar-refractivity contribution in [1.29, 1.82) is 5.26 Å². The molecule has 0 aliphatic carbocycles. The van der Waals surface area contributed by atoms with Crippen molar-refractivity contribution in [2.45, 2.75) is 31.1 Å². The van der Waals surface area contributed by atoms with E-state index in [1.54, 1.807) is 24.3 Å². The van der Waals surface area contributed by atoms with Crippen molar-refractivity contribution >= 4 is 23.7 Å². The van der Waals surface area contributed by atoms with Gasteiger partial charge in [-0.2, -0.15) is 18.4 Å². The average Bonchev–Trinajstić information content (AvgIpc) is 2.92. The number of halogens is 3. The number of carboxylic acids is 1. The zero-order chi connectivity index (χ0) is 21.5. The van der Waals surface area contributed by atoms with Crippen molar-refractivity contribution in [3.8, 4) is 6.07 Å². The van der Waals surface area contributed by atoms with Crippen LogP contribution in [0.1, 0.15) is 17.5 Å². The standard InChI is InChI=1S/C14H14N4O3.C2HF3O2/c15-7-9-3-1-8(2-4-9)5-10(16)13(20)17-11-6-12(19)18-14(11)21;3-2(4,5)1(6)7/h1-4,10-11H,5-6,16H2,(H,17,20)(H,18,19,21);(H,6,7)/t10-,11?;/m0./s1. The molecule has 1 unspecified atom stereocenters. The maximum Gasteiger partial charge on any atom is 0.490 e. The van der Waals surface area contributed by atoms with Crippen LogP contribution in [0.3, 0.4) is 0 Å². The molecule has 3 amide bonds. The fourth-order valence-corrected chi connectivity index (χ4v) is 2.01. The first-order valence-electron chi connectivity index (χ1n) is 7.62. The van der Waals surface area contributed by atoms with Gasteiger partial charge in [-0.1, -0.05) is 12.1 Å². The Morgan fingerprint density at radius 1 is 1.32 bits per heavy atom. The molecule has 2 atom stereocenters. The Bertz CT molecular complexity index is 802. The highest BCUT2D eigenvalue weighted by Gasteiger charge is 2.38. The van der Waals surface area contributed by atoms with Gasteiger partial charge in [0, 0.05) is 0 Å². The smallest absolute Gasteiger partial charge is 0.475 e. The van der Waals surface area contributed by atoms with Crippen molar-refractivity contribution < 1.29 is 37.5 Å². The molecule has 5 N–H and O–H groups in total. The third-order valence-electron chi connectivity index (χ3n) is 3.40. The zero-order valence-corrected chi connectivity index (χ0v) is 14.1. The maximum absolute atomic E-state index is 11.9. The van der Waals surface area contributed by atoms with Crippen LogP contribution in [-0.2, 0) is 25.6 Å². The summed E-state index contributed by atoms with van der Waals surface area (Å²) in [4.78, 5) is 43.2. The summed E-state index contributed by atoms with van der Waals surface area (Å²) in [5.74, 6) is -4.17. The lowest BCUT2D eigenvalue weighted by Gasteiger charge is -2.14. The van der Waals surface area contributed by atoms with E-state index in [4.69, 9.17) is 20.9 Å². The number of rotatable bonds is 4. The van der Waals surface area contributed by atoms with Crippen LogP contribution in [0.5, 0.6) is 0 Å². The van der Waals surface area contributed by atoms with Crippen LogP contribution in [0.25, 0.3) is 0 Å². The van der Waals surface area contributed by atoms with Crippen LogP contribution in [-0.4, -0.2) is 47.1 Å². The first-order valence-corrected chi connectivity index (χ1v) is 7.62. The van der Waals surface area contributed by atoms with Gasteiger partial charge in [-0.05, 0) is 24.1 Å². The first-order chi connectivity index (χ1) is 12.9. The minimum atomic E-state index is -5.08. The van der Waals surface area contributed by atoms with Crippen molar-refractivity contribution in [3.05, 3.63) is 35.4 Å². The van der Waals surface area contributed by atoms with Gasteiger partial charge >= 0.3 is 12.1 Å². The average molecular weight is 400 g/mol. The van der Waals surface area contributed by atoms with E-state index < -0.39 is 42.0 Å². The van der Waals surface area contributed by atoms with Gasteiger partial charge in [-0.15, -0.1) is 0 Å². The van der Waals surface area contributed by atoms with Crippen molar-refractivity contribution in [2.24, 2.45) is 5.73 Å². The lowest BCUT2D eigenvalue weighted by atomic mass is 10.0. The molecule has 0 spiro atoms. The van der Waals surface area contributed by atoms with E-state index in [0.717, 1.165) is 5.56 Å². The summed E-state index contributed by atoms with van der Waals surface area (Å²) >= 11 is 0. The molecule has 1 aromatic carbocycles. The molecule has 1 aromatic rings. The highest BCUT2D eigenvalue weighted by Crippen LogP contribution is 2.13. The van der Waals surface area contributed by atoms with Crippen molar-refractivity contribution in [1.82, 2.24) is 10.6 Å². The molecular formula is C16H15F3N4O5. The summed E-state index contributed by atoms with van der Waals surface area (Å²) in [6, 6.07) is 7.04. The topological polar surface area (TPSA) is 162 Å². The number of aliphatic carboxylic acids is 1. The van der Waals surface area contributed by atoms with Crippen molar-refractivity contribution in [2.75, 3.05) is 0 Å². The molecule has 0 saturated carbocycles. The molecule has 0 bridgehead atoms. The molecule has 0 radical (unpaired) electrons. The van der Waals surface area contributed by atoms with Crippen LogP contribution in [0, 0.1) is 11.3 Å². The van der Waals surface area contributed by atoms with Gasteiger partial charge in [-0.25, -0.2) is 4.79 Å². The third-order valence-corrected chi connectivity index (χ3v) is 3.40. The van der Waals surface area contributed by atoms with Crippen molar-refractivity contribution in [3.63, 3.8) is 0 Å². The lowest BCUT2D eigenvalue weighted by molar-refractivity contribution is -0.192. The number of alkyl halides is 3. The number of nitrogens with one attached hydrogen (secondary N) is 2. The molecular weight excluding hydrogens is 385 g/mol. The normalized spacial score (nSPS) is 16.9. The number of imide groups is 1. The molecule has 1 aliphatic heterocycles. The quantitative estimate of drug-likeness (QED) is 0.499. The summed E-state index contributed by atoms with van der Waals surface area (Å²) in [6.45, 7) is 0. The minimum absolute atomic E-state index is 0.0613. The van der Waals surface area contributed by atoms with Gasteiger partial charge in [-0.3, -0.25) is 19.7 Å². The molecule has 1 fully saturated rings.